The first-order valence-electron chi connectivity index (χ1n) is 5.72. The lowest BCUT2D eigenvalue weighted by Gasteiger charge is -2.14. The van der Waals surface area contributed by atoms with Crippen LogP contribution < -0.4 is 0 Å². The first-order chi connectivity index (χ1) is 8.68. The number of aliphatic hydroxyl groups excluding tert-OH is 1. The van der Waals surface area contributed by atoms with Crippen LogP contribution in [0.1, 0.15) is 18.1 Å². The lowest BCUT2D eigenvalue weighted by molar-refractivity contribution is -0.139. The van der Waals surface area contributed by atoms with Crippen LogP contribution in [0.3, 0.4) is 0 Å². The number of aliphatic carboxylic acids is 1. The Kier molecular flexibility index (Phi) is 3.75. The molecule has 2 aromatic rings. The lowest BCUT2D eigenvalue weighted by Crippen LogP contribution is -2.06. The Bertz CT molecular complexity index is 534. The molecular formula is C15H14O3. The summed E-state index contributed by atoms with van der Waals surface area (Å²) < 4.78 is 0. The van der Waals surface area contributed by atoms with E-state index in [1.54, 1.807) is 12.1 Å². The predicted molar refractivity (Wildman–Crippen MR) is 69.1 cm³/mol. The van der Waals surface area contributed by atoms with Gasteiger partial charge in [0.2, 0.25) is 0 Å². The Morgan fingerprint density at radius 2 is 1.61 bits per heavy atom. The zero-order valence-electron chi connectivity index (χ0n) is 9.78. The van der Waals surface area contributed by atoms with Crippen LogP contribution in [0.5, 0.6) is 0 Å². The fraction of sp³-hybridized carbons (Fsp3) is 0.133. The van der Waals surface area contributed by atoms with E-state index in [-0.39, 0.29) is 6.42 Å². The van der Waals surface area contributed by atoms with Gasteiger partial charge in [-0.3, -0.25) is 4.79 Å². The highest BCUT2D eigenvalue weighted by atomic mass is 16.4. The minimum Gasteiger partial charge on any atom is -0.481 e. The van der Waals surface area contributed by atoms with Crippen molar-refractivity contribution < 1.29 is 15.0 Å². The van der Waals surface area contributed by atoms with Gasteiger partial charge in [-0.2, -0.15) is 0 Å². The third-order valence-electron chi connectivity index (χ3n) is 2.77. The third kappa shape index (κ3) is 2.76. The first kappa shape index (κ1) is 12.3. The van der Waals surface area contributed by atoms with E-state index in [0.717, 1.165) is 11.1 Å². The van der Waals surface area contributed by atoms with Gasteiger partial charge < -0.3 is 10.2 Å². The first-order valence-corrected chi connectivity index (χ1v) is 5.72. The quantitative estimate of drug-likeness (QED) is 0.866. The summed E-state index contributed by atoms with van der Waals surface area (Å²) >= 11 is 0. The molecule has 0 aliphatic heterocycles. The van der Waals surface area contributed by atoms with Crippen LogP contribution in [0.2, 0.25) is 0 Å². The molecule has 1 atom stereocenters. The van der Waals surface area contributed by atoms with Crippen LogP contribution in [-0.2, 0) is 4.79 Å². The third-order valence-corrected chi connectivity index (χ3v) is 2.77. The highest BCUT2D eigenvalue weighted by Crippen LogP contribution is 2.29. The number of aliphatic hydroxyl groups is 1. The second-order valence-corrected chi connectivity index (χ2v) is 4.07. The average Bonchev–Trinajstić information content (AvgIpc) is 2.39. The molecular weight excluding hydrogens is 228 g/mol. The van der Waals surface area contributed by atoms with Crippen molar-refractivity contribution in [1.29, 1.82) is 0 Å². The molecule has 0 fully saturated rings. The van der Waals surface area contributed by atoms with Crippen LogP contribution in [0.25, 0.3) is 11.1 Å². The SMILES string of the molecule is O=C(O)C[C@H](O)c1ccccc1-c1ccccc1. The maximum Gasteiger partial charge on any atom is 0.306 e. The molecule has 3 nitrogen and oxygen atoms in total. The van der Waals surface area contributed by atoms with E-state index in [1.807, 2.05) is 42.5 Å². The molecule has 0 unspecified atom stereocenters. The van der Waals surface area contributed by atoms with E-state index < -0.39 is 12.1 Å². The van der Waals surface area contributed by atoms with Gasteiger partial charge in [0.05, 0.1) is 12.5 Å². The van der Waals surface area contributed by atoms with Crippen LogP contribution in [-0.4, -0.2) is 16.2 Å². The summed E-state index contributed by atoms with van der Waals surface area (Å²) in [6.07, 6.45) is -1.27. The Hall–Kier alpha value is -2.13. The van der Waals surface area contributed by atoms with E-state index in [1.165, 1.54) is 0 Å². The van der Waals surface area contributed by atoms with E-state index in [2.05, 4.69) is 0 Å². The fourth-order valence-electron chi connectivity index (χ4n) is 1.94. The van der Waals surface area contributed by atoms with Crippen LogP contribution in [0.15, 0.2) is 54.6 Å². The molecule has 92 valence electrons. The molecule has 0 saturated heterocycles. The summed E-state index contributed by atoms with van der Waals surface area (Å²) in [5.74, 6) is -1.01. The predicted octanol–water partition coefficient (Wildman–Crippen LogP) is 2.86. The van der Waals surface area contributed by atoms with Gasteiger partial charge >= 0.3 is 5.97 Å². The second kappa shape index (κ2) is 5.47. The minimum absolute atomic E-state index is 0.288. The number of benzene rings is 2. The molecule has 18 heavy (non-hydrogen) atoms. The second-order valence-electron chi connectivity index (χ2n) is 4.07. The molecule has 3 heteroatoms. The molecule has 0 spiro atoms. The highest BCUT2D eigenvalue weighted by Gasteiger charge is 2.15. The molecule has 0 amide bonds. The van der Waals surface area contributed by atoms with Gasteiger partial charge in [0.1, 0.15) is 0 Å². The van der Waals surface area contributed by atoms with Crippen molar-refractivity contribution in [2.45, 2.75) is 12.5 Å². The maximum absolute atomic E-state index is 10.7. The normalized spacial score (nSPS) is 12.1. The van der Waals surface area contributed by atoms with Crippen molar-refractivity contribution in [3.8, 4) is 11.1 Å². The zero-order chi connectivity index (χ0) is 13.0. The summed E-state index contributed by atoms with van der Waals surface area (Å²) in [7, 11) is 0. The number of carboxylic acid groups (broad SMARTS) is 1. The number of carbonyl (C=O) groups is 1. The van der Waals surface area contributed by atoms with E-state index in [4.69, 9.17) is 5.11 Å². The molecule has 2 N–H and O–H groups in total. The van der Waals surface area contributed by atoms with Crippen LogP contribution in [0, 0.1) is 0 Å². The summed E-state index contributed by atoms with van der Waals surface area (Å²) in [6.45, 7) is 0. The maximum atomic E-state index is 10.7. The summed E-state index contributed by atoms with van der Waals surface area (Å²) in [5, 5.41) is 18.7. The molecule has 0 aliphatic rings. The smallest absolute Gasteiger partial charge is 0.306 e. The molecule has 0 heterocycles. The largest absolute Gasteiger partial charge is 0.481 e. The Labute approximate surface area is 105 Å². The Balaban J connectivity index is 2.40. The van der Waals surface area contributed by atoms with Gasteiger partial charge in [-0.05, 0) is 16.7 Å². The monoisotopic (exact) mass is 242 g/mol. The molecule has 0 radical (unpaired) electrons. The number of carboxylic acids is 1. The zero-order valence-corrected chi connectivity index (χ0v) is 9.78. The van der Waals surface area contributed by atoms with E-state index in [9.17, 15) is 9.90 Å². The molecule has 0 aliphatic carbocycles. The molecule has 0 bridgehead atoms. The topological polar surface area (TPSA) is 57.5 Å². The fourth-order valence-corrected chi connectivity index (χ4v) is 1.94. The molecule has 2 aromatic carbocycles. The minimum atomic E-state index is -1.01. The highest BCUT2D eigenvalue weighted by molar-refractivity contribution is 5.71. The Morgan fingerprint density at radius 3 is 2.28 bits per heavy atom. The van der Waals surface area contributed by atoms with Crippen molar-refractivity contribution >= 4 is 5.97 Å². The van der Waals surface area contributed by atoms with Gasteiger partial charge in [0.15, 0.2) is 0 Å². The summed E-state index contributed by atoms with van der Waals surface area (Å²) in [5.41, 5.74) is 2.48. The van der Waals surface area contributed by atoms with Gasteiger partial charge in [-0.15, -0.1) is 0 Å². The van der Waals surface area contributed by atoms with Gasteiger partial charge in [-0.25, -0.2) is 0 Å². The standard InChI is InChI=1S/C15H14O3/c16-14(10-15(17)18)13-9-5-4-8-12(13)11-6-2-1-3-7-11/h1-9,14,16H,10H2,(H,17,18)/t14-/m0/s1. The van der Waals surface area contributed by atoms with Crippen molar-refractivity contribution in [1.82, 2.24) is 0 Å². The lowest BCUT2D eigenvalue weighted by atomic mass is 9.95. The van der Waals surface area contributed by atoms with Gasteiger partial charge in [0.25, 0.3) is 0 Å². The van der Waals surface area contributed by atoms with Gasteiger partial charge in [-0.1, -0.05) is 54.6 Å². The molecule has 0 aromatic heterocycles. The van der Waals surface area contributed by atoms with Crippen molar-refractivity contribution in [2.75, 3.05) is 0 Å². The number of rotatable bonds is 4. The molecule has 2 rings (SSSR count). The van der Waals surface area contributed by atoms with Crippen molar-refractivity contribution in [2.24, 2.45) is 0 Å². The van der Waals surface area contributed by atoms with Crippen molar-refractivity contribution in [3.05, 3.63) is 60.2 Å². The molecule has 0 saturated carbocycles. The van der Waals surface area contributed by atoms with Crippen LogP contribution >= 0.6 is 0 Å². The number of hydrogen-bond donors (Lipinski definition) is 2. The van der Waals surface area contributed by atoms with Gasteiger partial charge in [0, 0.05) is 0 Å². The van der Waals surface area contributed by atoms with Crippen molar-refractivity contribution in [3.63, 3.8) is 0 Å². The van der Waals surface area contributed by atoms with E-state index in [0.29, 0.717) is 5.56 Å². The number of hydrogen-bond acceptors (Lipinski definition) is 2. The van der Waals surface area contributed by atoms with E-state index >= 15 is 0 Å². The summed E-state index contributed by atoms with van der Waals surface area (Å²) in [4.78, 5) is 10.7. The summed E-state index contributed by atoms with van der Waals surface area (Å²) in [6, 6.07) is 16.9. The Morgan fingerprint density at radius 1 is 1.00 bits per heavy atom. The average molecular weight is 242 g/mol. The van der Waals surface area contributed by atoms with Crippen LogP contribution in [0.4, 0.5) is 0 Å².